The first-order chi connectivity index (χ1) is 9.83. The van der Waals surface area contributed by atoms with E-state index < -0.39 is 0 Å². The van der Waals surface area contributed by atoms with Crippen molar-refractivity contribution in [2.45, 2.75) is 12.8 Å². The van der Waals surface area contributed by atoms with E-state index in [-0.39, 0.29) is 24.0 Å². The predicted molar refractivity (Wildman–Crippen MR) is 99.7 cm³/mol. The number of aliphatic imine (C=N–C) groups is 1. The van der Waals surface area contributed by atoms with Gasteiger partial charge in [0.25, 0.3) is 0 Å². The number of guanidine groups is 1. The number of para-hydroxylation sites is 1. The van der Waals surface area contributed by atoms with E-state index in [1.165, 1.54) is 25.1 Å². The molecule has 0 aliphatic carbocycles. The molecule has 2 aliphatic rings. The van der Waals surface area contributed by atoms with Gasteiger partial charge in [0.05, 0.1) is 6.54 Å². The third-order valence-electron chi connectivity index (χ3n) is 4.25. The lowest BCUT2D eigenvalue weighted by Gasteiger charge is -2.35. The number of nitrogens with one attached hydrogen (secondary N) is 1. The molecule has 0 bridgehead atoms. The molecule has 21 heavy (non-hydrogen) atoms. The Morgan fingerprint density at radius 1 is 1.24 bits per heavy atom. The number of likely N-dealkylation sites (N-methyl/N-ethyl adjacent to an activating group) is 1. The molecule has 1 saturated heterocycles. The van der Waals surface area contributed by atoms with Crippen molar-refractivity contribution >= 4 is 35.6 Å². The van der Waals surface area contributed by atoms with Gasteiger partial charge < -0.3 is 15.1 Å². The van der Waals surface area contributed by atoms with Crippen LogP contribution in [0.2, 0.25) is 0 Å². The summed E-state index contributed by atoms with van der Waals surface area (Å²) in [6, 6.07) is 10.8. The fraction of sp³-hybridized carbons (Fsp3) is 0.562. The van der Waals surface area contributed by atoms with E-state index in [2.05, 4.69) is 57.5 Å². The van der Waals surface area contributed by atoms with Crippen LogP contribution < -0.4 is 10.2 Å². The van der Waals surface area contributed by atoms with Crippen LogP contribution in [-0.2, 0) is 0 Å². The zero-order valence-corrected chi connectivity index (χ0v) is 15.0. The van der Waals surface area contributed by atoms with Crippen LogP contribution in [0.5, 0.6) is 0 Å². The average molecular weight is 400 g/mol. The van der Waals surface area contributed by atoms with Crippen molar-refractivity contribution in [2.24, 2.45) is 10.9 Å². The average Bonchev–Trinajstić information content (AvgIpc) is 2.92. The van der Waals surface area contributed by atoms with Crippen LogP contribution in [0.4, 0.5) is 5.69 Å². The summed E-state index contributed by atoms with van der Waals surface area (Å²) in [7, 11) is 2.11. The van der Waals surface area contributed by atoms with Gasteiger partial charge in [0.1, 0.15) is 0 Å². The van der Waals surface area contributed by atoms with Gasteiger partial charge in [-0.1, -0.05) is 18.2 Å². The number of rotatable bonds is 3. The lowest BCUT2D eigenvalue weighted by Crippen LogP contribution is -2.43. The highest BCUT2D eigenvalue weighted by Gasteiger charge is 2.21. The van der Waals surface area contributed by atoms with Crippen LogP contribution in [0.15, 0.2) is 35.3 Å². The van der Waals surface area contributed by atoms with Crippen molar-refractivity contribution in [2.75, 3.05) is 44.7 Å². The molecule has 1 fully saturated rings. The van der Waals surface area contributed by atoms with Crippen LogP contribution in [0, 0.1) is 5.92 Å². The second-order valence-corrected chi connectivity index (χ2v) is 5.80. The van der Waals surface area contributed by atoms with Gasteiger partial charge in [-0.3, -0.25) is 4.99 Å². The van der Waals surface area contributed by atoms with Gasteiger partial charge in [-0.05, 0) is 30.9 Å². The van der Waals surface area contributed by atoms with E-state index in [1.54, 1.807) is 0 Å². The summed E-state index contributed by atoms with van der Waals surface area (Å²) < 4.78 is 0. The van der Waals surface area contributed by atoms with Crippen LogP contribution in [-0.4, -0.2) is 50.6 Å². The Morgan fingerprint density at radius 2 is 2.05 bits per heavy atom. The van der Waals surface area contributed by atoms with Crippen molar-refractivity contribution in [1.29, 1.82) is 0 Å². The standard InChI is InChI=1S/C16H24N4.HI/c1-19-11-9-17-16(19)18-12-14-6-5-10-20(13-14)15-7-3-2-4-8-15;/h2-4,7-8,14H,5-6,9-13H2,1H3,(H,17,18);1H. The summed E-state index contributed by atoms with van der Waals surface area (Å²) in [6.45, 7) is 5.34. The van der Waals surface area contributed by atoms with Crippen LogP contribution in [0.1, 0.15) is 12.8 Å². The summed E-state index contributed by atoms with van der Waals surface area (Å²) in [5.74, 6) is 1.78. The lowest BCUT2D eigenvalue weighted by molar-refractivity contribution is 0.404. The molecular weight excluding hydrogens is 375 g/mol. The Balaban J connectivity index is 0.00000161. The minimum Gasteiger partial charge on any atom is -0.371 e. The van der Waals surface area contributed by atoms with E-state index >= 15 is 0 Å². The summed E-state index contributed by atoms with van der Waals surface area (Å²) in [4.78, 5) is 9.21. The molecule has 1 unspecified atom stereocenters. The Bertz CT molecular complexity index is 463. The topological polar surface area (TPSA) is 30.9 Å². The van der Waals surface area contributed by atoms with Crippen LogP contribution >= 0.6 is 24.0 Å². The molecule has 1 aromatic rings. The van der Waals surface area contributed by atoms with Crippen molar-refractivity contribution in [3.63, 3.8) is 0 Å². The predicted octanol–water partition coefficient (Wildman–Crippen LogP) is 2.41. The van der Waals surface area contributed by atoms with Gasteiger partial charge in [0.15, 0.2) is 5.96 Å². The molecule has 0 spiro atoms. The molecule has 0 amide bonds. The second kappa shape index (κ2) is 7.87. The first kappa shape index (κ1) is 16.4. The summed E-state index contributed by atoms with van der Waals surface area (Å²) in [5.41, 5.74) is 1.35. The number of hydrogen-bond donors (Lipinski definition) is 1. The molecule has 5 heteroatoms. The monoisotopic (exact) mass is 400 g/mol. The maximum Gasteiger partial charge on any atom is 0.193 e. The number of benzene rings is 1. The van der Waals surface area contributed by atoms with Crippen molar-refractivity contribution < 1.29 is 0 Å². The molecule has 116 valence electrons. The van der Waals surface area contributed by atoms with Crippen LogP contribution in [0.3, 0.4) is 0 Å². The normalized spacial score (nSPS) is 21.8. The Kier molecular flexibility index (Phi) is 6.14. The molecule has 0 saturated carbocycles. The number of halogens is 1. The first-order valence-electron chi connectivity index (χ1n) is 7.62. The number of nitrogens with zero attached hydrogens (tertiary/aromatic N) is 3. The number of piperidine rings is 1. The van der Waals surface area contributed by atoms with Gasteiger partial charge in [-0.2, -0.15) is 0 Å². The number of hydrogen-bond acceptors (Lipinski definition) is 4. The van der Waals surface area contributed by atoms with Crippen molar-refractivity contribution in [3.8, 4) is 0 Å². The SMILES string of the molecule is CN1CCN=C1NCC1CCCN(c2ccccc2)C1.I. The van der Waals surface area contributed by atoms with E-state index in [0.717, 1.165) is 32.1 Å². The molecule has 1 N–H and O–H groups in total. The van der Waals surface area contributed by atoms with Gasteiger partial charge in [0.2, 0.25) is 0 Å². The molecule has 4 nitrogen and oxygen atoms in total. The second-order valence-electron chi connectivity index (χ2n) is 5.80. The third-order valence-corrected chi connectivity index (χ3v) is 4.25. The summed E-state index contributed by atoms with van der Waals surface area (Å²) >= 11 is 0. The molecule has 0 radical (unpaired) electrons. The quantitative estimate of drug-likeness (QED) is 0.791. The maximum absolute atomic E-state index is 4.50. The maximum atomic E-state index is 4.50. The van der Waals surface area contributed by atoms with Crippen molar-refractivity contribution in [3.05, 3.63) is 30.3 Å². The molecule has 1 atom stereocenters. The van der Waals surface area contributed by atoms with Gasteiger partial charge >= 0.3 is 0 Å². The van der Waals surface area contributed by atoms with E-state index in [0.29, 0.717) is 5.92 Å². The fourth-order valence-corrected chi connectivity index (χ4v) is 3.06. The molecule has 0 aromatic heterocycles. The Morgan fingerprint density at radius 3 is 2.76 bits per heavy atom. The molecule has 2 aliphatic heterocycles. The van der Waals surface area contributed by atoms with E-state index in [4.69, 9.17) is 0 Å². The number of anilines is 1. The molecule has 1 aromatic carbocycles. The van der Waals surface area contributed by atoms with Gasteiger partial charge in [-0.15, -0.1) is 24.0 Å². The Hall–Kier alpha value is -0.980. The highest BCUT2D eigenvalue weighted by molar-refractivity contribution is 14.0. The minimum absolute atomic E-state index is 0. The fourth-order valence-electron chi connectivity index (χ4n) is 3.06. The van der Waals surface area contributed by atoms with Crippen LogP contribution in [0.25, 0.3) is 0 Å². The highest BCUT2D eigenvalue weighted by Crippen LogP contribution is 2.22. The molecule has 3 rings (SSSR count). The molecular formula is C16H25IN4. The van der Waals surface area contributed by atoms with Gasteiger partial charge in [-0.25, -0.2) is 0 Å². The summed E-state index contributed by atoms with van der Waals surface area (Å²) in [5, 5.41) is 3.52. The zero-order valence-electron chi connectivity index (χ0n) is 12.7. The Labute approximate surface area is 144 Å². The highest BCUT2D eigenvalue weighted by atomic mass is 127. The first-order valence-corrected chi connectivity index (χ1v) is 7.62. The zero-order chi connectivity index (χ0) is 13.8. The van der Waals surface area contributed by atoms with E-state index in [9.17, 15) is 0 Å². The third kappa shape index (κ3) is 4.25. The van der Waals surface area contributed by atoms with Gasteiger partial charge in [0, 0.05) is 38.9 Å². The lowest BCUT2D eigenvalue weighted by atomic mass is 9.97. The largest absolute Gasteiger partial charge is 0.371 e. The summed E-state index contributed by atoms with van der Waals surface area (Å²) in [6.07, 6.45) is 2.59. The van der Waals surface area contributed by atoms with E-state index in [1.807, 2.05) is 0 Å². The smallest absolute Gasteiger partial charge is 0.193 e. The van der Waals surface area contributed by atoms with Crippen molar-refractivity contribution in [1.82, 2.24) is 10.2 Å². The molecule has 2 heterocycles. The minimum atomic E-state index is 0.